The van der Waals surface area contributed by atoms with Gasteiger partial charge >= 0.3 is 5.97 Å². The van der Waals surface area contributed by atoms with Crippen molar-refractivity contribution in [3.8, 4) is 0 Å². The number of aliphatic hydroxyl groups is 4. The first-order chi connectivity index (χ1) is 16.2. The van der Waals surface area contributed by atoms with E-state index in [-0.39, 0.29) is 0 Å². The van der Waals surface area contributed by atoms with Crippen LogP contribution in [0.5, 0.6) is 0 Å². The van der Waals surface area contributed by atoms with E-state index in [1.54, 1.807) is 6.92 Å². The Morgan fingerprint density at radius 2 is 1.29 bits per heavy atom. The van der Waals surface area contributed by atoms with Crippen LogP contribution < -0.4 is 0 Å². The van der Waals surface area contributed by atoms with Crippen LogP contribution >= 0.6 is 0 Å². The molecule has 7 atom stereocenters. The lowest BCUT2D eigenvalue weighted by molar-refractivity contribution is -0.314. The number of esters is 1. The number of aliphatic hydroxyl groups excluding tert-OH is 4. The lowest BCUT2D eigenvalue weighted by Crippen LogP contribution is -2.60. The number of hydrogen-bond donors (Lipinski definition) is 4. The maximum Gasteiger partial charge on any atom is 0.311 e. The van der Waals surface area contributed by atoms with E-state index in [9.17, 15) is 25.2 Å². The summed E-state index contributed by atoms with van der Waals surface area (Å²) in [6.45, 7) is 5.72. The molecule has 0 radical (unpaired) electrons. The lowest BCUT2D eigenvalue weighted by atomic mass is 9.96. The summed E-state index contributed by atoms with van der Waals surface area (Å²) in [5, 5.41) is 39.6. The molecule has 0 amide bonds. The molecule has 202 valence electrons. The van der Waals surface area contributed by atoms with Crippen molar-refractivity contribution in [2.75, 3.05) is 13.7 Å². The van der Waals surface area contributed by atoms with Crippen LogP contribution in [0.1, 0.15) is 97.8 Å². The van der Waals surface area contributed by atoms with Gasteiger partial charge in [0.15, 0.2) is 6.29 Å². The number of methoxy groups -OCH3 is 1. The van der Waals surface area contributed by atoms with Crippen molar-refractivity contribution in [3.05, 3.63) is 0 Å². The fraction of sp³-hybridized carbons (Fsp3) is 0.962. The fourth-order valence-corrected chi connectivity index (χ4v) is 4.44. The predicted molar refractivity (Wildman–Crippen MR) is 130 cm³/mol. The van der Waals surface area contributed by atoms with Crippen molar-refractivity contribution >= 4 is 5.97 Å². The SMILES string of the molecule is COC(=O)C(C)C(CCCCCCCCCCCCC(C)C)O[C@@H]1O[C@H](CO)[C@@H](O)[C@H](O)[C@H]1O. The van der Waals surface area contributed by atoms with Gasteiger partial charge in [-0.2, -0.15) is 0 Å². The van der Waals surface area contributed by atoms with Crippen LogP contribution in [0.2, 0.25) is 0 Å². The van der Waals surface area contributed by atoms with Crippen LogP contribution in [0.4, 0.5) is 0 Å². The van der Waals surface area contributed by atoms with E-state index in [0.717, 1.165) is 25.2 Å². The molecule has 2 unspecified atom stereocenters. The molecule has 8 nitrogen and oxygen atoms in total. The standard InChI is InChI=1S/C26H50O8/c1-18(2)15-13-11-9-7-5-6-8-10-12-14-16-20(19(3)25(31)32-4)33-26-24(30)23(29)22(28)21(17-27)34-26/h18-24,26-30H,5-17H2,1-4H3/t19?,20?,21-,22-,23+,24-,26-/m1/s1. The van der Waals surface area contributed by atoms with Gasteiger partial charge < -0.3 is 34.6 Å². The third-order valence-corrected chi connectivity index (χ3v) is 6.81. The first-order valence-corrected chi connectivity index (χ1v) is 13.3. The predicted octanol–water partition coefficient (Wildman–Crippen LogP) is 3.32. The average Bonchev–Trinajstić information content (AvgIpc) is 2.82. The van der Waals surface area contributed by atoms with Crippen molar-refractivity contribution in [1.82, 2.24) is 0 Å². The highest BCUT2D eigenvalue weighted by Gasteiger charge is 2.45. The minimum Gasteiger partial charge on any atom is -0.469 e. The summed E-state index contributed by atoms with van der Waals surface area (Å²) in [5.41, 5.74) is 0. The molecule has 34 heavy (non-hydrogen) atoms. The molecule has 0 saturated carbocycles. The third-order valence-electron chi connectivity index (χ3n) is 6.81. The van der Waals surface area contributed by atoms with Crippen molar-refractivity contribution in [2.45, 2.75) is 135 Å². The van der Waals surface area contributed by atoms with Crippen LogP contribution in [0, 0.1) is 11.8 Å². The van der Waals surface area contributed by atoms with Gasteiger partial charge in [0.05, 0.1) is 25.7 Å². The Kier molecular flexibility index (Phi) is 16.2. The first-order valence-electron chi connectivity index (χ1n) is 13.3. The van der Waals surface area contributed by atoms with Crippen LogP contribution in [0.15, 0.2) is 0 Å². The summed E-state index contributed by atoms with van der Waals surface area (Å²) in [4.78, 5) is 12.1. The summed E-state index contributed by atoms with van der Waals surface area (Å²) in [6, 6.07) is 0. The summed E-state index contributed by atoms with van der Waals surface area (Å²) >= 11 is 0. The second kappa shape index (κ2) is 17.6. The van der Waals surface area contributed by atoms with E-state index < -0.39 is 55.3 Å². The lowest BCUT2D eigenvalue weighted by Gasteiger charge is -2.41. The zero-order chi connectivity index (χ0) is 25.5. The van der Waals surface area contributed by atoms with Gasteiger partial charge in [-0.15, -0.1) is 0 Å². The molecule has 0 bridgehead atoms. The molecule has 1 rings (SSSR count). The Hall–Kier alpha value is -0.770. The van der Waals surface area contributed by atoms with E-state index in [1.165, 1.54) is 58.5 Å². The molecule has 1 saturated heterocycles. The molecule has 1 heterocycles. The Morgan fingerprint density at radius 3 is 1.76 bits per heavy atom. The first kappa shape index (κ1) is 31.3. The number of unbranched alkanes of at least 4 members (excludes halogenated alkanes) is 9. The van der Waals surface area contributed by atoms with Crippen LogP contribution in [-0.4, -0.2) is 76.9 Å². The van der Waals surface area contributed by atoms with Gasteiger partial charge in [-0.25, -0.2) is 0 Å². The molecule has 0 aromatic rings. The van der Waals surface area contributed by atoms with E-state index in [4.69, 9.17) is 14.2 Å². The minimum absolute atomic E-state index is 0.428. The number of ether oxygens (including phenoxy) is 3. The second-order valence-corrected chi connectivity index (χ2v) is 10.2. The largest absolute Gasteiger partial charge is 0.469 e. The summed E-state index contributed by atoms with van der Waals surface area (Å²) in [7, 11) is 1.31. The molecular weight excluding hydrogens is 440 g/mol. The maximum atomic E-state index is 12.1. The zero-order valence-corrected chi connectivity index (χ0v) is 21.7. The number of carbonyl (C=O) groups is 1. The highest BCUT2D eigenvalue weighted by atomic mass is 16.7. The molecule has 0 spiro atoms. The van der Waals surface area contributed by atoms with E-state index in [0.29, 0.717) is 6.42 Å². The van der Waals surface area contributed by atoms with E-state index >= 15 is 0 Å². The quantitative estimate of drug-likeness (QED) is 0.170. The molecule has 0 aromatic carbocycles. The second-order valence-electron chi connectivity index (χ2n) is 10.2. The number of rotatable bonds is 18. The van der Waals surface area contributed by atoms with E-state index in [1.807, 2.05) is 0 Å². The highest BCUT2D eigenvalue weighted by molar-refractivity contribution is 5.72. The number of hydrogen-bond acceptors (Lipinski definition) is 8. The smallest absolute Gasteiger partial charge is 0.311 e. The monoisotopic (exact) mass is 490 g/mol. The van der Waals surface area contributed by atoms with Crippen LogP contribution in [0.3, 0.4) is 0 Å². The summed E-state index contributed by atoms with van der Waals surface area (Å²) in [6.07, 6.45) is 6.57. The van der Waals surface area contributed by atoms with Gasteiger partial charge in [-0.1, -0.05) is 84.5 Å². The normalized spacial score (nSPS) is 27.0. The third kappa shape index (κ3) is 11.3. The maximum absolute atomic E-state index is 12.1. The highest BCUT2D eigenvalue weighted by Crippen LogP contribution is 2.27. The Labute approximate surface area is 206 Å². The molecule has 1 aliphatic heterocycles. The fourth-order valence-electron chi connectivity index (χ4n) is 4.44. The van der Waals surface area contributed by atoms with Gasteiger partial charge in [0.2, 0.25) is 0 Å². The van der Waals surface area contributed by atoms with Gasteiger partial charge in [0.25, 0.3) is 0 Å². The molecule has 1 aliphatic rings. The molecule has 1 fully saturated rings. The minimum atomic E-state index is -1.51. The van der Waals surface area contributed by atoms with Gasteiger partial charge in [0.1, 0.15) is 24.4 Å². The number of carbonyl (C=O) groups excluding carboxylic acids is 1. The average molecular weight is 491 g/mol. The molecular formula is C26H50O8. The molecule has 8 heteroatoms. The molecule has 0 aliphatic carbocycles. The summed E-state index contributed by atoms with van der Waals surface area (Å²) < 4.78 is 16.2. The van der Waals surface area contributed by atoms with Crippen molar-refractivity contribution in [1.29, 1.82) is 0 Å². The Balaban J connectivity index is 2.37. The van der Waals surface area contributed by atoms with Gasteiger partial charge in [0, 0.05) is 0 Å². The van der Waals surface area contributed by atoms with Crippen molar-refractivity contribution in [2.24, 2.45) is 11.8 Å². The van der Waals surface area contributed by atoms with Crippen LogP contribution in [-0.2, 0) is 19.0 Å². The van der Waals surface area contributed by atoms with Crippen molar-refractivity contribution < 1.29 is 39.4 Å². The van der Waals surface area contributed by atoms with Gasteiger partial charge in [-0.05, 0) is 19.3 Å². The Morgan fingerprint density at radius 1 is 0.794 bits per heavy atom. The van der Waals surface area contributed by atoms with E-state index in [2.05, 4.69) is 13.8 Å². The zero-order valence-electron chi connectivity index (χ0n) is 21.7. The van der Waals surface area contributed by atoms with Crippen LogP contribution in [0.25, 0.3) is 0 Å². The topological polar surface area (TPSA) is 126 Å². The van der Waals surface area contributed by atoms with Gasteiger partial charge in [-0.3, -0.25) is 4.79 Å². The Bertz CT molecular complexity index is 527. The molecule has 4 N–H and O–H groups in total. The molecule has 0 aromatic heterocycles. The summed E-state index contributed by atoms with van der Waals surface area (Å²) in [5.74, 6) is -0.214. The van der Waals surface area contributed by atoms with Crippen molar-refractivity contribution in [3.63, 3.8) is 0 Å².